The quantitative estimate of drug-likeness (QED) is 0.686. The summed E-state index contributed by atoms with van der Waals surface area (Å²) in [6, 6.07) is 13.7. The number of amides is 1. The van der Waals surface area contributed by atoms with Crippen molar-refractivity contribution in [3.05, 3.63) is 82.4 Å². The number of para-hydroxylation sites is 1. The number of halogens is 1. The molecule has 1 N–H and O–H groups in total. The van der Waals surface area contributed by atoms with Gasteiger partial charge in [0.15, 0.2) is 0 Å². The molecular formula is C23H26FN3O2. The maximum absolute atomic E-state index is 13.4. The Bertz CT molecular complexity index is 1030. The van der Waals surface area contributed by atoms with Gasteiger partial charge in [-0.2, -0.15) is 5.10 Å². The van der Waals surface area contributed by atoms with Crippen molar-refractivity contribution in [2.24, 2.45) is 0 Å². The number of rotatable bonds is 6. The van der Waals surface area contributed by atoms with Gasteiger partial charge >= 0.3 is 0 Å². The van der Waals surface area contributed by atoms with Crippen LogP contribution in [0.5, 0.6) is 0 Å². The van der Waals surface area contributed by atoms with E-state index >= 15 is 0 Å². The van der Waals surface area contributed by atoms with Gasteiger partial charge in [0, 0.05) is 24.8 Å². The van der Waals surface area contributed by atoms with Crippen molar-refractivity contribution >= 4 is 5.91 Å². The predicted molar refractivity (Wildman–Crippen MR) is 110 cm³/mol. The second kappa shape index (κ2) is 8.57. The zero-order chi connectivity index (χ0) is 21.1. The highest BCUT2D eigenvalue weighted by atomic mass is 19.1. The van der Waals surface area contributed by atoms with E-state index in [1.54, 1.807) is 18.0 Å². The minimum atomic E-state index is -1.04. The van der Waals surface area contributed by atoms with Crippen molar-refractivity contribution < 1.29 is 14.3 Å². The average Bonchev–Trinajstić information content (AvgIpc) is 2.96. The number of hydrogen-bond donors (Lipinski definition) is 1. The molecule has 3 rings (SSSR count). The molecule has 0 aliphatic rings. The molecule has 0 unspecified atom stereocenters. The third-order valence-corrected chi connectivity index (χ3v) is 5.21. The smallest absolute Gasteiger partial charge is 0.225 e. The van der Waals surface area contributed by atoms with Gasteiger partial charge in [0.1, 0.15) is 5.82 Å². The fraction of sp³-hybridized carbons (Fsp3) is 0.304. The summed E-state index contributed by atoms with van der Waals surface area (Å²) < 4.78 is 15.3. The van der Waals surface area contributed by atoms with Gasteiger partial charge < -0.3 is 10.0 Å². The van der Waals surface area contributed by atoms with E-state index in [0.717, 1.165) is 28.2 Å². The molecule has 0 saturated heterocycles. The van der Waals surface area contributed by atoms with E-state index < -0.39 is 11.9 Å². The first-order valence-electron chi connectivity index (χ1n) is 9.56. The van der Waals surface area contributed by atoms with Crippen LogP contribution in [0.15, 0.2) is 48.5 Å². The average molecular weight is 395 g/mol. The second-order valence-corrected chi connectivity index (χ2v) is 7.37. The third-order valence-electron chi connectivity index (χ3n) is 5.21. The first-order valence-corrected chi connectivity index (χ1v) is 9.56. The Morgan fingerprint density at radius 2 is 1.90 bits per heavy atom. The number of aryl methyl sites for hydroxylation is 2. The fourth-order valence-electron chi connectivity index (χ4n) is 3.42. The first-order chi connectivity index (χ1) is 13.8. The Morgan fingerprint density at radius 1 is 1.17 bits per heavy atom. The third kappa shape index (κ3) is 4.54. The highest BCUT2D eigenvalue weighted by Crippen LogP contribution is 2.23. The van der Waals surface area contributed by atoms with Crippen LogP contribution in [0.25, 0.3) is 5.69 Å². The summed E-state index contributed by atoms with van der Waals surface area (Å²) in [5, 5.41) is 15.0. The lowest BCUT2D eigenvalue weighted by Gasteiger charge is -2.20. The Labute approximate surface area is 170 Å². The van der Waals surface area contributed by atoms with Crippen molar-refractivity contribution in [1.29, 1.82) is 0 Å². The molecule has 1 aromatic heterocycles. The minimum absolute atomic E-state index is 0.107. The van der Waals surface area contributed by atoms with Gasteiger partial charge in [-0.05, 0) is 50.1 Å². The molecule has 0 aliphatic heterocycles. The molecule has 2 aromatic carbocycles. The Balaban J connectivity index is 1.74. The summed E-state index contributed by atoms with van der Waals surface area (Å²) in [5.74, 6) is -0.651. The van der Waals surface area contributed by atoms with Crippen molar-refractivity contribution in [2.45, 2.75) is 39.8 Å². The molecule has 3 aromatic rings. The summed E-state index contributed by atoms with van der Waals surface area (Å²) >= 11 is 0. The van der Waals surface area contributed by atoms with E-state index in [4.69, 9.17) is 0 Å². The van der Waals surface area contributed by atoms with Crippen LogP contribution in [0.2, 0.25) is 0 Å². The monoisotopic (exact) mass is 395 g/mol. The van der Waals surface area contributed by atoms with Crippen molar-refractivity contribution in [3.63, 3.8) is 0 Å². The number of aromatic nitrogens is 2. The molecule has 0 radical (unpaired) electrons. The first kappa shape index (κ1) is 20.7. The number of nitrogens with zero attached hydrogens (tertiary/aromatic N) is 3. The van der Waals surface area contributed by atoms with Crippen molar-refractivity contribution in [2.75, 3.05) is 7.05 Å². The highest BCUT2D eigenvalue weighted by molar-refractivity contribution is 5.76. The van der Waals surface area contributed by atoms with E-state index in [1.165, 1.54) is 18.2 Å². The lowest BCUT2D eigenvalue weighted by molar-refractivity contribution is -0.132. The molecular weight excluding hydrogens is 369 g/mol. The van der Waals surface area contributed by atoms with Crippen LogP contribution in [0.3, 0.4) is 0 Å². The lowest BCUT2D eigenvalue weighted by atomic mass is 10.1. The Kier molecular flexibility index (Phi) is 6.13. The number of carbonyl (C=O) groups is 1. The van der Waals surface area contributed by atoms with Crippen LogP contribution < -0.4 is 0 Å². The Hall–Kier alpha value is -2.99. The molecule has 1 heterocycles. The summed E-state index contributed by atoms with van der Waals surface area (Å²) in [7, 11) is 1.70. The molecule has 6 heteroatoms. The molecule has 0 spiro atoms. The zero-order valence-electron chi connectivity index (χ0n) is 17.2. The summed E-state index contributed by atoms with van der Waals surface area (Å²) in [6.07, 6.45) is -1.15. The van der Waals surface area contributed by atoms with Crippen LogP contribution in [-0.2, 0) is 11.3 Å². The molecule has 0 saturated carbocycles. The van der Waals surface area contributed by atoms with Gasteiger partial charge in [0.2, 0.25) is 5.91 Å². The number of benzene rings is 2. The predicted octanol–water partition coefficient (Wildman–Crippen LogP) is 4.02. The summed E-state index contributed by atoms with van der Waals surface area (Å²) in [6.45, 7) is 6.34. The normalized spacial score (nSPS) is 12.1. The highest BCUT2D eigenvalue weighted by Gasteiger charge is 2.20. The second-order valence-electron chi connectivity index (χ2n) is 7.37. The molecule has 5 nitrogen and oxygen atoms in total. The minimum Gasteiger partial charge on any atom is -0.388 e. The molecule has 1 amide bonds. The van der Waals surface area contributed by atoms with Gasteiger partial charge in [-0.3, -0.25) is 4.79 Å². The van der Waals surface area contributed by atoms with Gasteiger partial charge in [0.05, 0.1) is 23.9 Å². The van der Waals surface area contributed by atoms with E-state index in [2.05, 4.69) is 5.10 Å². The SMILES string of the molecule is Cc1ccccc1-n1nc(C)c(CN(C)C(=O)C[C@@H](O)c2cccc(F)c2)c1C. The molecule has 152 valence electrons. The molecule has 29 heavy (non-hydrogen) atoms. The standard InChI is InChI=1S/C23H26FN3O2/c1-15-8-5-6-11-21(15)27-17(3)20(16(2)25-27)14-26(4)23(29)13-22(28)18-9-7-10-19(24)12-18/h5-12,22,28H,13-14H2,1-4H3/t22-/m1/s1. The van der Waals surface area contributed by atoms with Gasteiger partial charge in [-0.1, -0.05) is 30.3 Å². The largest absolute Gasteiger partial charge is 0.388 e. The van der Waals surface area contributed by atoms with Gasteiger partial charge in [0.25, 0.3) is 0 Å². The fourth-order valence-corrected chi connectivity index (χ4v) is 3.42. The number of aliphatic hydroxyl groups is 1. The number of hydrogen-bond acceptors (Lipinski definition) is 3. The van der Waals surface area contributed by atoms with Crippen LogP contribution in [0.4, 0.5) is 4.39 Å². The maximum atomic E-state index is 13.4. The van der Waals surface area contributed by atoms with E-state index in [-0.39, 0.29) is 12.3 Å². The van der Waals surface area contributed by atoms with Crippen LogP contribution in [-0.4, -0.2) is 32.7 Å². The molecule has 0 bridgehead atoms. The molecule has 0 fully saturated rings. The summed E-state index contributed by atoms with van der Waals surface area (Å²) in [5.41, 5.74) is 5.33. The van der Waals surface area contributed by atoms with Crippen LogP contribution in [0, 0.1) is 26.6 Å². The van der Waals surface area contributed by atoms with Gasteiger partial charge in [-0.15, -0.1) is 0 Å². The number of aliphatic hydroxyl groups excluding tert-OH is 1. The van der Waals surface area contributed by atoms with Crippen molar-refractivity contribution in [3.8, 4) is 5.69 Å². The van der Waals surface area contributed by atoms with Crippen LogP contribution in [0.1, 0.15) is 40.6 Å². The lowest BCUT2D eigenvalue weighted by Crippen LogP contribution is -2.28. The van der Waals surface area contributed by atoms with Crippen molar-refractivity contribution in [1.82, 2.24) is 14.7 Å². The Morgan fingerprint density at radius 3 is 2.59 bits per heavy atom. The van der Waals surface area contributed by atoms with E-state index in [1.807, 2.05) is 49.7 Å². The van der Waals surface area contributed by atoms with E-state index in [0.29, 0.717) is 12.1 Å². The number of carbonyl (C=O) groups excluding carboxylic acids is 1. The molecule has 0 aliphatic carbocycles. The van der Waals surface area contributed by atoms with Gasteiger partial charge in [-0.25, -0.2) is 9.07 Å². The van der Waals surface area contributed by atoms with E-state index in [9.17, 15) is 14.3 Å². The summed E-state index contributed by atoms with van der Waals surface area (Å²) in [4.78, 5) is 14.2. The zero-order valence-corrected chi connectivity index (χ0v) is 17.2. The topological polar surface area (TPSA) is 58.4 Å². The van der Waals surface area contributed by atoms with Crippen LogP contribution >= 0.6 is 0 Å². The maximum Gasteiger partial charge on any atom is 0.225 e. The molecule has 1 atom stereocenters.